The SMILES string of the molecule is Cn1nnc(NS(=O)(=O)c2ccc3c(c2)COCC3)n1. The number of nitrogens with one attached hydrogen (secondary N) is 1. The van der Waals surface area contributed by atoms with Crippen molar-refractivity contribution in [2.75, 3.05) is 11.3 Å². The summed E-state index contributed by atoms with van der Waals surface area (Å²) in [5, 5.41) is 11.0. The van der Waals surface area contributed by atoms with Gasteiger partial charge in [0.25, 0.3) is 16.0 Å². The predicted octanol–water partition coefficient (Wildman–Crippen LogP) is 0.0836. The fourth-order valence-electron chi connectivity index (χ4n) is 2.02. The summed E-state index contributed by atoms with van der Waals surface area (Å²) < 4.78 is 32.1. The van der Waals surface area contributed by atoms with Crippen molar-refractivity contribution < 1.29 is 13.2 Å². The van der Waals surface area contributed by atoms with Gasteiger partial charge in [-0.1, -0.05) is 11.2 Å². The van der Waals surface area contributed by atoms with Gasteiger partial charge >= 0.3 is 0 Å². The van der Waals surface area contributed by atoms with Gasteiger partial charge in [-0.05, 0) is 34.9 Å². The second-order valence-corrected chi connectivity index (χ2v) is 6.12. The zero-order chi connectivity index (χ0) is 14.2. The molecule has 1 aliphatic heterocycles. The molecule has 0 bridgehead atoms. The number of ether oxygens (including phenoxy) is 1. The van der Waals surface area contributed by atoms with Crippen LogP contribution in [-0.4, -0.2) is 35.2 Å². The minimum Gasteiger partial charge on any atom is -0.376 e. The summed E-state index contributed by atoms with van der Waals surface area (Å²) in [4.78, 5) is 1.34. The largest absolute Gasteiger partial charge is 0.376 e. The monoisotopic (exact) mass is 295 g/mol. The van der Waals surface area contributed by atoms with E-state index in [1.54, 1.807) is 19.2 Å². The minimum atomic E-state index is -3.72. The minimum absolute atomic E-state index is 0.0542. The smallest absolute Gasteiger partial charge is 0.277 e. The summed E-state index contributed by atoms with van der Waals surface area (Å²) in [6.07, 6.45) is 0.800. The molecule has 0 saturated carbocycles. The molecule has 20 heavy (non-hydrogen) atoms. The molecule has 0 atom stereocenters. The van der Waals surface area contributed by atoms with Gasteiger partial charge in [0.15, 0.2) is 0 Å². The van der Waals surface area contributed by atoms with Gasteiger partial charge in [-0.3, -0.25) is 0 Å². The van der Waals surface area contributed by atoms with Crippen molar-refractivity contribution in [3.8, 4) is 0 Å². The number of sulfonamides is 1. The number of rotatable bonds is 3. The van der Waals surface area contributed by atoms with Gasteiger partial charge in [0.2, 0.25) is 0 Å². The Bertz CT molecular complexity index is 740. The summed E-state index contributed by atoms with van der Waals surface area (Å²) >= 11 is 0. The van der Waals surface area contributed by atoms with Crippen LogP contribution in [0.2, 0.25) is 0 Å². The third-order valence-corrected chi connectivity index (χ3v) is 4.32. The van der Waals surface area contributed by atoms with Crippen LogP contribution in [0.4, 0.5) is 5.95 Å². The van der Waals surface area contributed by atoms with Gasteiger partial charge in [0.05, 0.1) is 25.2 Å². The van der Waals surface area contributed by atoms with Gasteiger partial charge in [0.1, 0.15) is 0 Å². The lowest BCUT2D eigenvalue weighted by Gasteiger charge is -2.17. The van der Waals surface area contributed by atoms with Crippen molar-refractivity contribution in [2.24, 2.45) is 7.05 Å². The van der Waals surface area contributed by atoms with E-state index in [9.17, 15) is 8.42 Å². The number of hydrogen-bond donors (Lipinski definition) is 1. The lowest BCUT2D eigenvalue weighted by molar-refractivity contribution is 0.110. The van der Waals surface area contributed by atoms with E-state index in [1.165, 1.54) is 4.80 Å². The molecule has 1 N–H and O–H groups in total. The molecule has 0 amide bonds. The van der Waals surface area contributed by atoms with E-state index in [0.717, 1.165) is 17.5 Å². The summed E-state index contributed by atoms with van der Waals surface area (Å²) in [5.41, 5.74) is 2.01. The maximum Gasteiger partial charge on any atom is 0.277 e. The maximum atomic E-state index is 12.2. The van der Waals surface area contributed by atoms with Gasteiger partial charge in [-0.2, -0.15) is 4.80 Å². The number of tetrazole rings is 1. The molecular formula is C11H13N5O3S. The first-order valence-corrected chi connectivity index (χ1v) is 7.49. The highest BCUT2D eigenvalue weighted by molar-refractivity contribution is 7.92. The highest BCUT2D eigenvalue weighted by Gasteiger charge is 2.19. The van der Waals surface area contributed by atoms with Crippen LogP contribution in [0.3, 0.4) is 0 Å². The topological polar surface area (TPSA) is 99.0 Å². The van der Waals surface area contributed by atoms with Crippen LogP contribution < -0.4 is 4.72 Å². The van der Waals surface area contributed by atoms with Crippen molar-refractivity contribution in [3.63, 3.8) is 0 Å². The molecule has 0 fully saturated rings. The van der Waals surface area contributed by atoms with Crippen LogP contribution >= 0.6 is 0 Å². The Morgan fingerprint density at radius 2 is 2.20 bits per heavy atom. The van der Waals surface area contributed by atoms with Crippen molar-refractivity contribution in [1.82, 2.24) is 20.2 Å². The van der Waals surface area contributed by atoms with Gasteiger partial charge < -0.3 is 4.74 Å². The van der Waals surface area contributed by atoms with Gasteiger partial charge in [-0.25, -0.2) is 13.1 Å². The fraction of sp³-hybridized carbons (Fsp3) is 0.364. The average molecular weight is 295 g/mol. The van der Waals surface area contributed by atoms with Crippen molar-refractivity contribution in [1.29, 1.82) is 0 Å². The Morgan fingerprint density at radius 1 is 1.35 bits per heavy atom. The van der Waals surface area contributed by atoms with E-state index in [2.05, 4.69) is 20.1 Å². The number of anilines is 1. The molecule has 0 unspecified atom stereocenters. The highest BCUT2D eigenvalue weighted by atomic mass is 32.2. The Kier molecular flexibility index (Phi) is 3.14. The molecule has 0 radical (unpaired) electrons. The maximum absolute atomic E-state index is 12.2. The Balaban J connectivity index is 1.91. The first-order valence-electron chi connectivity index (χ1n) is 6.01. The van der Waals surface area contributed by atoms with E-state index in [4.69, 9.17) is 4.74 Å². The number of aromatic nitrogens is 4. The Morgan fingerprint density at radius 3 is 2.95 bits per heavy atom. The normalized spacial score (nSPS) is 14.8. The van der Waals surface area contributed by atoms with Crippen molar-refractivity contribution in [3.05, 3.63) is 29.3 Å². The molecule has 1 aromatic carbocycles. The molecule has 0 saturated heterocycles. The molecule has 8 nitrogen and oxygen atoms in total. The molecule has 3 rings (SSSR count). The molecule has 9 heteroatoms. The predicted molar refractivity (Wildman–Crippen MR) is 69.4 cm³/mol. The van der Waals surface area contributed by atoms with Crippen molar-refractivity contribution >= 4 is 16.0 Å². The summed E-state index contributed by atoms with van der Waals surface area (Å²) in [6.45, 7) is 1.10. The Hall–Kier alpha value is -2.00. The van der Waals surface area contributed by atoms with E-state index in [1.807, 2.05) is 6.07 Å². The van der Waals surface area contributed by atoms with E-state index >= 15 is 0 Å². The van der Waals surface area contributed by atoms with Gasteiger partial charge in [0, 0.05) is 0 Å². The quantitative estimate of drug-likeness (QED) is 0.861. The van der Waals surface area contributed by atoms with Gasteiger partial charge in [-0.15, -0.1) is 5.10 Å². The zero-order valence-corrected chi connectivity index (χ0v) is 11.6. The van der Waals surface area contributed by atoms with Crippen LogP contribution in [0.1, 0.15) is 11.1 Å². The van der Waals surface area contributed by atoms with Crippen LogP contribution in [0.15, 0.2) is 23.1 Å². The number of hydrogen-bond acceptors (Lipinski definition) is 6. The third-order valence-electron chi connectivity index (χ3n) is 3.00. The van der Waals surface area contributed by atoms with Crippen LogP contribution in [-0.2, 0) is 34.8 Å². The zero-order valence-electron chi connectivity index (χ0n) is 10.8. The number of aryl methyl sites for hydroxylation is 1. The molecule has 2 aromatic rings. The van der Waals surface area contributed by atoms with Crippen LogP contribution in [0.5, 0.6) is 0 Å². The lowest BCUT2D eigenvalue weighted by atomic mass is 10.0. The van der Waals surface area contributed by atoms with Crippen LogP contribution in [0, 0.1) is 0 Å². The van der Waals surface area contributed by atoms with Crippen molar-refractivity contribution in [2.45, 2.75) is 17.9 Å². The number of nitrogens with zero attached hydrogens (tertiary/aromatic N) is 4. The first-order chi connectivity index (χ1) is 9.54. The highest BCUT2D eigenvalue weighted by Crippen LogP contribution is 2.21. The van der Waals surface area contributed by atoms with Crippen LogP contribution in [0.25, 0.3) is 0 Å². The second-order valence-electron chi connectivity index (χ2n) is 4.44. The lowest BCUT2D eigenvalue weighted by Crippen LogP contribution is -2.16. The first kappa shape index (κ1) is 13.0. The molecular weight excluding hydrogens is 282 g/mol. The molecule has 2 heterocycles. The van der Waals surface area contributed by atoms with E-state index < -0.39 is 10.0 Å². The third kappa shape index (κ3) is 2.49. The summed E-state index contributed by atoms with van der Waals surface area (Å²) in [5.74, 6) is -0.0542. The summed E-state index contributed by atoms with van der Waals surface area (Å²) in [7, 11) is -2.16. The molecule has 106 valence electrons. The molecule has 0 aliphatic carbocycles. The standard InChI is InChI=1S/C11H13N5O3S/c1-16-13-11(12-15-16)14-20(17,18)10-3-2-8-4-5-19-7-9(8)6-10/h2-3,6H,4-5,7H2,1H3,(H,13,14). The average Bonchev–Trinajstić information content (AvgIpc) is 2.83. The fourth-order valence-corrected chi connectivity index (χ4v) is 3.00. The second kappa shape index (κ2) is 4.84. The Labute approximate surface area is 115 Å². The molecule has 1 aromatic heterocycles. The number of benzene rings is 1. The number of fused-ring (bicyclic) bond motifs is 1. The van der Waals surface area contributed by atoms with E-state index in [0.29, 0.717) is 13.2 Å². The summed E-state index contributed by atoms with van der Waals surface area (Å²) in [6, 6.07) is 5.01. The molecule has 0 spiro atoms. The van der Waals surface area contributed by atoms with E-state index in [-0.39, 0.29) is 10.8 Å². The molecule has 1 aliphatic rings.